The van der Waals surface area contributed by atoms with Crippen LogP contribution in [-0.2, 0) is 4.79 Å². The van der Waals surface area contributed by atoms with Crippen LogP contribution in [0, 0.1) is 0 Å². The molecule has 1 N–H and O–H groups in total. The average molecular weight is 542 g/mol. The van der Waals surface area contributed by atoms with E-state index in [0.29, 0.717) is 28.3 Å². The second kappa shape index (κ2) is 9.85. The predicted octanol–water partition coefficient (Wildman–Crippen LogP) is 5.98. The SMILES string of the molecule is CCOc1ccc2nc(-[n+]3nc(-c4ccc(NC(C)=O)cc4)nn3-c3ccc(Cl)c4ccccc34)sc2c1. The third-order valence-electron chi connectivity index (χ3n) is 5.92. The van der Waals surface area contributed by atoms with Gasteiger partial charge in [0.25, 0.3) is 5.82 Å². The van der Waals surface area contributed by atoms with Gasteiger partial charge in [-0.2, -0.15) is 0 Å². The van der Waals surface area contributed by atoms with Gasteiger partial charge in [0, 0.05) is 45.1 Å². The average Bonchev–Trinajstić information content (AvgIpc) is 3.54. The summed E-state index contributed by atoms with van der Waals surface area (Å²) in [6.45, 7) is 4.03. The van der Waals surface area contributed by atoms with Crippen molar-refractivity contribution in [3.8, 4) is 28.0 Å². The Morgan fingerprint density at radius 2 is 1.84 bits per heavy atom. The summed E-state index contributed by atoms with van der Waals surface area (Å²) in [5.74, 6) is 1.17. The maximum absolute atomic E-state index is 11.4. The van der Waals surface area contributed by atoms with E-state index < -0.39 is 0 Å². The minimum Gasteiger partial charge on any atom is -0.494 e. The quantitative estimate of drug-likeness (QED) is 0.262. The Labute approximate surface area is 227 Å². The van der Waals surface area contributed by atoms with Gasteiger partial charge < -0.3 is 10.1 Å². The van der Waals surface area contributed by atoms with E-state index in [9.17, 15) is 4.79 Å². The minimum atomic E-state index is -0.129. The van der Waals surface area contributed by atoms with Crippen molar-refractivity contribution in [2.75, 3.05) is 11.9 Å². The number of nitrogens with one attached hydrogen (secondary N) is 1. The number of thiazole rings is 1. The molecule has 0 saturated carbocycles. The molecule has 0 saturated heterocycles. The summed E-state index contributed by atoms with van der Waals surface area (Å²) in [6.07, 6.45) is 0. The lowest BCUT2D eigenvalue weighted by molar-refractivity contribution is -0.733. The number of rotatable bonds is 6. The number of nitrogens with zero attached hydrogens (tertiary/aromatic N) is 5. The zero-order valence-corrected chi connectivity index (χ0v) is 22.1. The number of hydrogen-bond acceptors (Lipinski definition) is 6. The smallest absolute Gasteiger partial charge is 0.365 e. The molecule has 0 bridgehead atoms. The molecule has 0 spiro atoms. The van der Waals surface area contributed by atoms with Crippen molar-refractivity contribution in [2.45, 2.75) is 13.8 Å². The third kappa shape index (κ3) is 4.46. The molecule has 2 heterocycles. The molecule has 4 aromatic carbocycles. The largest absolute Gasteiger partial charge is 0.494 e. The van der Waals surface area contributed by atoms with Crippen molar-refractivity contribution in [1.29, 1.82) is 0 Å². The molecule has 1 amide bonds. The van der Waals surface area contributed by atoms with Gasteiger partial charge in [0.05, 0.1) is 11.3 Å². The molecule has 0 unspecified atom stereocenters. The molecular weight excluding hydrogens is 520 g/mol. The number of benzene rings is 4. The summed E-state index contributed by atoms with van der Waals surface area (Å²) in [5, 5.41) is 15.7. The fourth-order valence-corrected chi connectivity index (χ4v) is 5.40. The molecule has 0 fully saturated rings. The lowest BCUT2D eigenvalue weighted by Crippen LogP contribution is -2.43. The third-order valence-corrected chi connectivity index (χ3v) is 7.23. The molecule has 0 radical (unpaired) electrons. The molecule has 0 aliphatic carbocycles. The van der Waals surface area contributed by atoms with Crippen LogP contribution in [0.15, 0.2) is 78.9 Å². The van der Waals surface area contributed by atoms with E-state index in [1.807, 2.05) is 85.8 Å². The predicted molar refractivity (Wildman–Crippen MR) is 149 cm³/mol. The number of carbonyl (C=O) groups is 1. The molecule has 6 aromatic rings. The number of halogens is 1. The van der Waals surface area contributed by atoms with E-state index >= 15 is 0 Å². The topological polar surface area (TPSA) is 85.8 Å². The first-order valence-electron chi connectivity index (χ1n) is 12.0. The summed E-state index contributed by atoms with van der Waals surface area (Å²) in [6, 6.07) is 25.0. The van der Waals surface area contributed by atoms with E-state index in [1.54, 1.807) is 9.59 Å². The second-order valence-corrected chi connectivity index (χ2v) is 9.95. The van der Waals surface area contributed by atoms with Crippen molar-refractivity contribution in [3.63, 3.8) is 0 Å². The highest BCUT2D eigenvalue weighted by Gasteiger charge is 2.26. The number of anilines is 1. The molecule has 188 valence electrons. The Bertz CT molecular complexity index is 1810. The Morgan fingerprint density at radius 1 is 1.05 bits per heavy atom. The summed E-state index contributed by atoms with van der Waals surface area (Å²) >= 11 is 8.02. The van der Waals surface area contributed by atoms with Crippen LogP contribution in [0.3, 0.4) is 0 Å². The van der Waals surface area contributed by atoms with Crippen LogP contribution in [0.5, 0.6) is 5.75 Å². The first kappa shape index (κ1) is 24.0. The maximum Gasteiger partial charge on any atom is 0.365 e. The highest BCUT2D eigenvalue weighted by Crippen LogP contribution is 2.30. The Morgan fingerprint density at radius 3 is 2.61 bits per heavy atom. The van der Waals surface area contributed by atoms with Crippen molar-refractivity contribution in [3.05, 3.63) is 83.9 Å². The molecule has 0 atom stereocenters. The van der Waals surface area contributed by atoms with E-state index in [0.717, 1.165) is 38.0 Å². The van der Waals surface area contributed by atoms with E-state index in [-0.39, 0.29) is 5.91 Å². The number of amides is 1. The van der Waals surface area contributed by atoms with Crippen LogP contribution in [-0.4, -0.2) is 32.5 Å². The van der Waals surface area contributed by atoms with E-state index in [4.69, 9.17) is 31.5 Å². The highest BCUT2D eigenvalue weighted by molar-refractivity contribution is 7.20. The van der Waals surface area contributed by atoms with Crippen molar-refractivity contribution < 1.29 is 14.3 Å². The molecule has 0 aliphatic rings. The van der Waals surface area contributed by atoms with Crippen molar-refractivity contribution >= 4 is 55.5 Å². The molecular formula is C28H22ClN6O2S+. The van der Waals surface area contributed by atoms with Crippen molar-refractivity contribution in [2.24, 2.45) is 0 Å². The summed E-state index contributed by atoms with van der Waals surface area (Å²) < 4.78 is 6.66. The van der Waals surface area contributed by atoms with Crippen LogP contribution in [0.2, 0.25) is 5.02 Å². The molecule has 0 aliphatic heterocycles. The van der Waals surface area contributed by atoms with Crippen molar-refractivity contribution in [1.82, 2.24) is 20.0 Å². The summed E-state index contributed by atoms with van der Waals surface area (Å²) in [5.41, 5.74) is 3.16. The lowest BCUT2D eigenvalue weighted by Gasteiger charge is -2.06. The molecule has 10 heteroatoms. The van der Waals surface area contributed by atoms with Gasteiger partial charge in [-0.05, 0) is 70.1 Å². The Balaban J connectivity index is 1.53. The monoisotopic (exact) mass is 541 g/mol. The van der Waals surface area contributed by atoms with Crippen LogP contribution < -0.4 is 14.9 Å². The molecule has 8 nitrogen and oxygen atoms in total. The van der Waals surface area contributed by atoms with Gasteiger partial charge >= 0.3 is 5.13 Å². The number of fused-ring (bicyclic) bond motifs is 2. The first-order chi connectivity index (χ1) is 18.5. The van der Waals surface area contributed by atoms with Gasteiger partial charge in [-0.3, -0.25) is 4.79 Å². The van der Waals surface area contributed by atoms with Crippen LogP contribution >= 0.6 is 22.9 Å². The zero-order chi connectivity index (χ0) is 26.2. The molecule has 38 heavy (non-hydrogen) atoms. The van der Waals surface area contributed by atoms with Gasteiger partial charge in [0.15, 0.2) is 5.52 Å². The number of hydrogen-bond donors (Lipinski definition) is 1. The van der Waals surface area contributed by atoms with Gasteiger partial charge in [-0.15, -0.1) is 0 Å². The van der Waals surface area contributed by atoms with Gasteiger partial charge in [0.1, 0.15) is 11.4 Å². The van der Waals surface area contributed by atoms with Crippen LogP contribution in [0.1, 0.15) is 13.8 Å². The zero-order valence-electron chi connectivity index (χ0n) is 20.6. The van der Waals surface area contributed by atoms with Crippen LogP contribution in [0.25, 0.3) is 43.2 Å². The number of ether oxygens (including phenoxy) is 1. The fraction of sp³-hybridized carbons (Fsp3) is 0.107. The number of carbonyl (C=O) groups excluding carboxylic acids is 1. The first-order valence-corrected chi connectivity index (χ1v) is 13.2. The van der Waals surface area contributed by atoms with Gasteiger partial charge in [0.2, 0.25) is 5.91 Å². The number of aromatic nitrogens is 5. The second-order valence-electron chi connectivity index (χ2n) is 8.53. The lowest BCUT2D eigenvalue weighted by atomic mass is 10.1. The maximum atomic E-state index is 11.4. The number of tetrazole rings is 1. The van der Waals surface area contributed by atoms with E-state index in [2.05, 4.69) is 5.32 Å². The van der Waals surface area contributed by atoms with E-state index in [1.165, 1.54) is 18.3 Å². The minimum absolute atomic E-state index is 0.129. The Hall–Kier alpha value is -4.34. The molecule has 6 rings (SSSR count). The van der Waals surface area contributed by atoms with Crippen LogP contribution in [0.4, 0.5) is 5.69 Å². The Kier molecular flexibility index (Phi) is 6.22. The highest BCUT2D eigenvalue weighted by atomic mass is 35.5. The normalized spacial score (nSPS) is 11.2. The summed E-state index contributed by atoms with van der Waals surface area (Å²) in [7, 11) is 0. The van der Waals surface area contributed by atoms with Gasteiger partial charge in [-0.1, -0.05) is 52.2 Å². The van der Waals surface area contributed by atoms with Gasteiger partial charge in [-0.25, -0.2) is 0 Å². The fourth-order valence-electron chi connectivity index (χ4n) is 4.24. The summed E-state index contributed by atoms with van der Waals surface area (Å²) in [4.78, 5) is 19.7. The molecule has 2 aromatic heterocycles. The standard InChI is InChI=1S/C28H21ClN6O2S/c1-3-37-20-12-14-24-26(16-20)38-28(31-24)35-33-27(18-8-10-19(11-9-18)30-17(2)36)32-34(35)25-15-13-23(29)21-6-4-5-7-22(21)25/h4-16H,3H2,1-2H3/p+1.